The lowest BCUT2D eigenvalue weighted by Crippen LogP contribution is -2.61. The van der Waals surface area contributed by atoms with Gasteiger partial charge in [0.1, 0.15) is 24.1 Å². The zero-order chi connectivity index (χ0) is 42.3. The van der Waals surface area contributed by atoms with Crippen LogP contribution >= 0.6 is 0 Å². The highest BCUT2D eigenvalue weighted by atomic mass is 16.7. The second-order valence-electron chi connectivity index (χ2n) is 18.2. The van der Waals surface area contributed by atoms with Crippen molar-refractivity contribution < 1.29 is 53.9 Å². The quantitative estimate of drug-likeness (QED) is 0.0885. The number of carbonyl (C=O) groups excluding carboxylic acids is 4. The van der Waals surface area contributed by atoms with Gasteiger partial charge in [-0.3, -0.25) is 24.1 Å². The molecule has 1 unspecified atom stereocenters. The van der Waals surface area contributed by atoms with Crippen LogP contribution in [0.5, 0.6) is 5.75 Å². The number of ether oxygens (including phenoxy) is 2. The molecule has 0 aliphatic carbocycles. The summed E-state index contributed by atoms with van der Waals surface area (Å²) < 4.78 is 11.1. The van der Waals surface area contributed by atoms with Gasteiger partial charge in [0.05, 0.1) is 5.69 Å². The third-order valence-corrected chi connectivity index (χ3v) is 10.6. The van der Waals surface area contributed by atoms with Crippen molar-refractivity contribution in [1.29, 1.82) is 0 Å². The zero-order valence-corrected chi connectivity index (χ0v) is 34.9. The van der Waals surface area contributed by atoms with E-state index in [2.05, 4.69) is 38.3 Å². The second kappa shape index (κ2) is 19.1. The lowest BCUT2D eigenvalue weighted by atomic mass is 9.76. The Morgan fingerprint density at radius 2 is 1.46 bits per heavy atom. The molecule has 14 heteroatoms. The highest BCUT2D eigenvalue weighted by Crippen LogP contribution is 2.43. The maximum absolute atomic E-state index is 13.3. The fourth-order valence-corrected chi connectivity index (χ4v) is 6.90. The van der Waals surface area contributed by atoms with Gasteiger partial charge in [-0.05, 0) is 59.1 Å². The predicted molar refractivity (Wildman–Crippen MR) is 210 cm³/mol. The lowest BCUT2D eigenvalue weighted by molar-refractivity contribution is -0.271. The largest absolute Gasteiger partial charge is 0.479 e. The fourth-order valence-electron chi connectivity index (χ4n) is 6.90. The van der Waals surface area contributed by atoms with Crippen LogP contribution in [0.15, 0.2) is 29.3 Å². The number of amides is 4. The van der Waals surface area contributed by atoms with Crippen molar-refractivity contribution in [2.45, 2.75) is 151 Å². The third-order valence-electron chi connectivity index (χ3n) is 10.6. The van der Waals surface area contributed by atoms with E-state index in [0.717, 1.165) is 24.8 Å². The SMILES string of the molecule is CCC(C)(C)Cc1ccc(O[C@@H]2O[C@H](C(=O)O)[C@@H](O)[C@H](O)[C@H]2O)c(NC(=O)CCNC(=O)CCCCC(C)CCN2C(=O)C(C(C)(C)C)=C(C(C)(C)C)C2=O)c1. The van der Waals surface area contributed by atoms with Crippen molar-refractivity contribution in [3.63, 3.8) is 0 Å². The number of aliphatic hydroxyl groups excluding tert-OH is 3. The van der Waals surface area contributed by atoms with E-state index in [-0.39, 0.29) is 59.9 Å². The summed E-state index contributed by atoms with van der Waals surface area (Å²) in [6.07, 6.45) is -4.34. The molecule has 2 aliphatic heterocycles. The van der Waals surface area contributed by atoms with Gasteiger partial charge < -0.3 is 40.5 Å². The van der Waals surface area contributed by atoms with Gasteiger partial charge in [0.2, 0.25) is 18.1 Å². The van der Waals surface area contributed by atoms with E-state index in [1.807, 2.05) is 41.5 Å². The second-order valence-corrected chi connectivity index (χ2v) is 18.2. The first-order chi connectivity index (χ1) is 25.9. The standard InChI is InChI=1S/C42H65N3O11/c1-11-42(9,10)23-25-16-17-27(55-39-34(50)32(48)33(49)35(56-39)38(53)54)26(22-25)44-29(47)18-20-43-28(46)15-13-12-14-24(2)19-21-45-36(51)30(40(3,4)5)31(37(45)52)41(6,7)8/h16-17,22,24,32-35,39,48-50H,11-15,18-21,23H2,1-10H3,(H,43,46)(H,44,47)(H,53,54)/t24?,32-,33-,34+,35-,39+/m0/s1. The smallest absolute Gasteiger partial charge is 0.335 e. The topological polar surface area (TPSA) is 212 Å². The van der Waals surface area contributed by atoms with E-state index in [0.29, 0.717) is 37.0 Å². The maximum Gasteiger partial charge on any atom is 0.335 e. The number of carboxylic acid groups (broad SMARTS) is 1. The van der Waals surface area contributed by atoms with Gasteiger partial charge in [-0.1, -0.05) is 94.6 Å². The van der Waals surface area contributed by atoms with Gasteiger partial charge in [-0.2, -0.15) is 0 Å². The first-order valence-electron chi connectivity index (χ1n) is 19.8. The van der Waals surface area contributed by atoms with Crippen LogP contribution in [0.3, 0.4) is 0 Å². The molecule has 1 saturated heterocycles. The van der Waals surface area contributed by atoms with Crippen LogP contribution in [0.25, 0.3) is 0 Å². The number of benzene rings is 1. The number of aliphatic carboxylic acids is 1. The Kier molecular flexibility index (Phi) is 15.8. The average Bonchev–Trinajstić information content (AvgIpc) is 3.36. The molecule has 2 heterocycles. The molecule has 0 radical (unpaired) electrons. The van der Waals surface area contributed by atoms with Crippen molar-refractivity contribution in [3.05, 3.63) is 34.9 Å². The Balaban J connectivity index is 1.49. The van der Waals surface area contributed by atoms with Gasteiger partial charge in [-0.25, -0.2) is 4.79 Å². The van der Waals surface area contributed by atoms with E-state index in [4.69, 9.17) is 9.47 Å². The molecule has 14 nitrogen and oxygen atoms in total. The molecule has 4 amide bonds. The summed E-state index contributed by atoms with van der Waals surface area (Å²) in [4.78, 5) is 65.3. The van der Waals surface area contributed by atoms with Crippen molar-refractivity contribution in [2.75, 3.05) is 18.4 Å². The summed E-state index contributed by atoms with van der Waals surface area (Å²) in [7, 11) is 0. The zero-order valence-electron chi connectivity index (χ0n) is 34.9. The minimum Gasteiger partial charge on any atom is -0.479 e. The van der Waals surface area contributed by atoms with Crippen LogP contribution in [0.1, 0.15) is 120 Å². The minimum absolute atomic E-state index is 0.0473. The monoisotopic (exact) mass is 787 g/mol. The Bertz CT molecular complexity index is 1590. The summed E-state index contributed by atoms with van der Waals surface area (Å²) in [6, 6.07) is 5.04. The number of anilines is 1. The van der Waals surface area contributed by atoms with Gasteiger partial charge in [0, 0.05) is 37.1 Å². The number of imide groups is 1. The Hall–Kier alpha value is -3.85. The summed E-state index contributed by atoms with van der Waals surface area (Å²) >= 11 is 0. The number of nitrogens with zero attached hydrogens (tertiary/aromatic N) is 1. The van der Waals surface area contributed by atoms with Crippen LogP contribution in [0, 0.1) is 22.2 Å². The summed E-state index contributed by atoms with van der Waals surface area (Å²) in [5.74, 6) is -2.29. The number of hydrogen-bond acceptors (Lipinski definition) is 10. The molecule has 1 aromatic rings. The minimum atomic E-state index is -1.88. The highest BCUT2D eigenvalue weighted by Gasteiger charge is 2.49. The third kappa shape index (κ3) is 12.3. The van der Waals surface area contributed by atoms with E-state index in [1.54, 1.807) is 18.2 Å². The number of aliphatic hydroxyl groups is 3. The molecule has 2 aliphatic rings. The molecular formula is C42H65N3O11. The van der Waals surface area contributed by atoms with Crippen molar-refractivity contribution in [2.24, 2.45) is 22.2 Å². The molecule has 56 heavy (non-hydrogen) atoms. The number of carbonyl (C=O) groups is 5. The van der Waals surface area contributed by atoms with Crippen LogP contribution < -0.4 is 15.4 Å². The fraction of sp³-hybridized carbons (Fsp3) is 0.690. The molecule has 0 spiro atoms. The summed E-state index contributed by atoms with van der Waals surface area (Å²) in [6.45, 7) is 20.5. The van der Waals surface area contributed by atoms with Gasteiger partial charge >= 0.3 is 5.97 Å². The number of carboxylic acids is 1. The van der Waals surface area contributed by atoms with Crippen LogP contribution in [0.2, 0.25) is 0 Å². The molecule has 0 aromatic heterocycles. The molecule has 6 N–H and O–H groups in total. The molecule has 0 bridgehead atoms. The molecule has 6 atom stereocenters. The molecule has 1 aromatic carbocycles. The van der Waals surface area contributed by atoms with Crippen LogP contribution in [-0.4, -0.2) is 98.7 Å². The first kappa shape index (κ1) is 46.5. The lowest BCUT2D eigenvalue weighted by Gasteiger charge is -2.38. The van der Waals surface area contributed by atoms with Crippen LogP contribution in [0.4, 0.5) is 5.69 Å². The van der Waals surface area contributed by atoms with Crippen molar-refractivity contribution >= 4 is 35.3 Å². The van der Waals surface area contributed by atoms with Crippen LogP contribution in [-0.2, 0) is 35.1 Å². The normalized spacial score (nSPS) is 22.7. The van der Waals surface area contributed by atoms with Crippen molar-refractivity contribution in [3.8, 4) is 5.75 Å². The van der Waals surface area contributed by atoms with Gasteiger partial charge in [0.15, 0.2) is 6.10 Å². The van der Waals surface area contributed by atoms with Gasteiger partial charge in [-0.15, -0.1) is 0 Å². The Morgan fingerprint density at radius 1 is 0.857 bits per heavy atom. The first-order valence-corrected chi connectivity index (χ1v) is 19.8. The van der Waals surface area contributed by atoms with Gasteiger partial charge in [0.25, 0.3) is 11.8 Å². The predicted octanol–water partition coefficient (Wildman–Crippen LogP) is 4.73. The molecular weight excluding hydrogens is 722 g/mol. The molecule has 1 fully saturated rings. The number of rotatable bonds is 18. The van der Waals surface area contributed by atoms with E-state index in [9.17, 15) is 44.4 Å². The Labute approximate surface area is 331 Å². The summed E-state index contributed by atoms with van der Waals surface area (Å²) in [5, 5.41) is 45.8. The molecule has 3 rings (SSSR count). The number of nitrogens with one attached hydrogen (secondary N) is 2. The van der Waals surface area contributed by atoms with E-state index >= 15 is 0 Å². The Morgan fingerprint density at radius 3 is 2.02 bits per heavy atom. The van der Waals surface area contributed by atoms with E-state index < -0.39 is 53.4 Å². The number of unbranched alkanes of at least 4 members (excludes halogenated alkanes) is 1. The highest BCUT2D eigenvalue weighted by molar-refractivity contribution is 6.20. The maximum atomic E-state index is 13.3. The number of hydrogen-bond donors (Lipinski definition) is 6. The summed E-state index contributed by atoms with van der Waals surface area (Å²) in [5.41, 5.74) is 1.35. The van der Waals surface area contributed by atoms with Crippen molar-refractivity contribution in [1.82, 2.24) is 10.2 Å². The molecule has 0 saturated carbocycles. The van der Waals surface area contributed by atoms with E-state index in [1.165, 1.54) is 4.90 Å². The average molecular weight is 788 g/mol. The molecule has 314 valence electrons.